The average molecular weight is 259 g/mol. The highest BCUT2D eigenvalue weighted by molar-refractivity contribution is 8.13. The van der Waals surface area contributed by atoms with Crippen molar-refractivity contribution in [2.45, 2.75) is 5.75 Å². The minimum atomic E-state index is -3.55. The third-order valence-corrected chi connectivity index (χ3v) is 2.81. The van der Waals surface area contributed by atoms with E-state index in [1.54, 1.807) is 12.1 Å². The molecular formula is C8H7ClN4O2S. The van der Waals surface area contributed by atoms with E-state index < -0.39 is 9.05 Å². The zero-order valence-corrected chi connectivity index (χ0v) is 9.56. The lowest BCUT2D eigenvalue weighted by atomic mass is 10.3. The van der Waals surface area contributed by atoms with Crippen LogP contribution in [0.3, 0.4) is 0 Å². The molecule has 0 fully saturated rings. The van der Waals surface area contributed by atoms with Crippen LogP contribution < -0.4 is 0 Å². The van der Waals surface area contributed by atoms with Crippen LogP contribution in [0.4, 0.5) is 0 Å². The Hall–Kier alpha value is -1.47. The van der Waals surface area contributed by atoms with Crippen LogP contribution in [0, 0.1) is 0 Å². The molecule has 0 aliphatic heterocycles. The predicted molar refractivity (Wildman–Crippen MR) is 57.6 cm³/mol. The number of halogens is 1. The Kier molecular flexibility index (Phi) is 2.88. The summed E-state index contributed by atoms with van der Waals surface area (Å²) >= 11 is 0. The molecule has 0 unspecified atom stereocenters. The van der Waals surface area contributed by atoms with Crippen LogP contribution in [0.2, 0.25) is 0 Å². The molecule has 0 saturated heterocycles. The smallest absolute Gasteiger partial charge is 0.236 e. The molecule has 2 aromatic heterocycles. The van der Waals surface area contributed by atoms with Gasteiger partial charge in [0.1, 0.15) is 12.7 Å². The molecule has 0 aliphatic carbocycles. The quantitative estimate of drug-likeness (QED) is 0.759. The van der Waals surface area contributed by atoms with Crippen LogP contribution in [0.15, 0.2) is 31.0 Å². The van der Waals surface area contributed by atoms with Gasteiger partial charge in [-0.3, -0.25) is 0 Å². The molecule has 0 amide bonds. The first-order valence-electron chi connectivity index (χ1n) is 4.27. The highest BCUT2D eigenvalue weighted by Gasteiger charge is 2.07. The van der Waals surface area contributed by atoms with E-state index in [1.807, 2.05) is 0 Å². The lowest BCUT2D eigenvalue weighted by Crippen LogP contribution is -2.00. The lowest BCUT2D eigenvalue weighted by Gasteiger charge is -2.00. The largest absolute Gasteiger partial charge is 0.237 e. The first-order chi connectivity index (χ1) is 7.54. The van der Waals surface area contributed by atoms with Crippen LogP contribution >= 0.6 is 10.7 Å². The molecular weight excluding hydrogens is 252 g/mol. The van der Waals surface area contributed by atoms with E-state index in [9.17, 15) is 8.42 Å². The molecule has 0 saturated carbocycles. The van der Waals surface area contributed by atoms with Crippen molar-refractivity contribution >= 4 is 19.7 Å². The Morgan fingerprint density at radius 1 is 1.38 bits per heavy atom. The Morgan fingerprint density at radius 3 is 2.69 bits per heavy atom. The average Bonchev–Trinajstić information content (AvgIpc) is 2.69. The topological polar surface area (TPSA) is 77.7 Å². The van der Waals surface area contributed by atoms with Crippen molar-refractivity contribution in [3.8, 4) is 5.82 Å². The van der Waals surface area contributed by atoms with Gasteiger partial charge in [-0.15, -0.1) is 0 Å². The van der Waals surface area contributed by atoms with Gasteiger partial charge in [0.25, 0.3) is 0 Å². The standard InChI is InChI=1S/C8H7ClN4O2S/c9-16(14,15)4-7-1-2-8(11-3-7)13-6-10-5-12-13/h1-3,5-6H,4H2. The fourth-order valence-corrected chi connectivity index (χ4v) is 2.11. The summed E-state index contributed by atoms with van der Waals surface area (Å²) < 4.78 is 23.1. The molecule has 0 aromatic carbocycles. The highest BCUT2D eigenvalue weighted by atomic mass is 35.7. The van der Waals surface area contributed by atoms with Crippen molar-refractivity contribution in [3.63, 3.8) is 0 Å². The SMILES string of the molecule is O=S(=O)(Cl)Cc1ccc(-n2cncn2)nc1. The molecule has 0 radical (unpaired) electrons. The maximum Gasteiger partial charge on any atom is 0.236 e. The van der Waals surface area contributed by atoms with Gasteiger partial charge in [-0.25, -0.2) is 23.1 Å². The van der Waals surface area contributed by atoms with Crippen molar-refractivity contribution in [1.29, 1.82) is 0 Å². The number of hydrogen-bond donors (Lipinski definition) is 0. The summed E-state index contributed by atoms with van der Waals surface area (Å²) in [6.07, 6.45) is 4.33. The molecule has 6 nitrogen and oxygen atoms in total. The first kappa shape index (κ1) is 11.0. The Morgan fingerprint density at radius 2 is 2.19 bits per heavy atom. The summed E-state index contributed by atoms with van der Waals surface area (Å²) in [5.74, 6) is 0.326. The van der Waals surface area contributed by atoms with Crippen LogP contribution in [0.25, 0.3) is 5.82 Å². The van der Waals surface area contributed by atoms with E-state index in [-0.39, 0.29) is 5.75 Å². The summed E-state index contributed by atoms with van der Waals surface area (Å²) in [5.41, 5.74) is 0.527. The molecule has 0 bridgehead atoms. The summed E-state index contributed by atoms with van der Waals surface area (Å²) in [6, 6.07) is 3.27. The molecule has 84 valence electrons. The monoisotopic (exact) mass is 258 g/mol. The van der Waals surface area contributed by atoms with Gasteiger partial charge in [-0.2, -0.15) is 5.10 Å². The first-order valence-corrected chi connectivity index (χ1v) is 6.75. The van der Waals surface area contributed by atoms with Crippen molar-refractivity contribution in [1.82, 2.24) is 19.7 Å². The Balaban J connectivity index is 2.24. The second-order valence-corrected chi connectivity index (χ2v) is 5.82. The number of aromatic nitrogens is 4. The molecule has 2 rings (SSSR count). The lowest BCUT2D eigenvalue weighted by molar-refractivity contribution is 0.609. The predicted octanol–water partition coefficient (Wildman–Crippen LogP) is 0.731. The second-order valence-electron chi connectivity index (χ2n) is 3.05. The number of nitrogens with zero attached hydrogens (tertiary/aromatic N) is 4. The van der Waals surface area contributed by atoms with E-state index >= 15 is 0 Å². The van der Waals surface area contributed by atoms with Crippen LogP contribution in [-0.4, -0.2) is 28.2 Å². The minimum Gasteiger partial charge on any atom is -0.237 e. The number of pyridine rings is 1. The number of hydrogen-bond acceptors (Lipinski definition) is 5. The Labute approximate surface area is 96.3 Å². The normalized spacial score (nSPS) is 11.6. The van der Waals surface area contributed by atoms with Gasteiger partial charge in [0.05, 0.1) is 5.75 Å². The molecule has 0 atom stereocenters. The zero-order valence-electron chi connectivity index (χ0n) is 7.99. The van der Waals surface area contributed by atoms with Gasteiger partial charge < -0.3 is 0 Å². The molecule has 0 spiro atoms. The van der Waals surface area contributed by atoms with E-state index in [4.69, 9.17) is 10.7 Å². The maximum absolute atomic E-state index is 10.8. The van der Waals surface area contributed by atoms with E-state index in [2.05, 4.69) is 15.1 Å². The summed E-state index contributed by atoms with van der Waals surface area (Å²) in [6.45, 7) is 0. The maximum atomic E-state index is 10.8. The van der Waals surface area contributed by atoms with E-state index in [0.29, 0.717) is 11.4 Å². The summed E-state index contributed by atoms with van der Waals surface area (Å²) in [4.78, 5) is 7.82. The Bertz CT molecular complexity index is 565. The summed E-state index contributed by atoms with van der Waals surface area (Å²) in [5, 5.41) is 3.89. The summed E-state index contributed by atoms with van der Waals surface area (Å²) in [7, 11) is 1.58. The molecule has 2 aromatic rings. The van der Waals surface area contributed by atoms with Crippen LogP contribution in [0.1, 0.15) is 5.56 Å². The number of rotatable bonds is 3. The zero-order chi connectivity index (χ0) is 11.6. The van der Waals surface area contributed by atoms with Crippen molar-refractivity contribution in [2.24, 2.45) is 0 Å². The van der Waals surface area contributed by atoms with Gasteiger partial charge in [0.15, 0.2) is 5.82 Å². The molecule has 8 heteroatoms. The van der Waals surface area contributed by atoms with Gasteiger partial charge in [0.2, 0.25) is 9.05 Å². The van der Waals surface area contributed by atoms with Crippen LogP contribution in [0.5, 0.6) is 0 Å². The van der Waals surface area contributed by atoms with Crippen molar-refractivity contribution < 1.29 is 8.42 Å². The minimum absolute atomic E-state index is 0.237. The highest BCUT2D eigenvalue weighted by Crippen LogP contribution is 2.10. The second kappa shape index (κ2) is 4.18. The van der Waals surface area contributed by atoms with Gasteiger partial charge in [-0.1, -0.05) is 6.07 Å². The molecule has 16 heavy (non-hydrogen) atoms. The fourth-order valence-electron chi connectivity index (χ4n) is 1.16. The van der Waals surface area contributed by atoms with E-state index in [1.165, 1.54) is 23.5 Å². The van der Waals surface area contributed by atoms with Crippen LogP contribution in [-0.2, 0) is 14.8 Å². The van der Waals surface area contributed by atoms with Gasteiger partial charge in [-0.05, 0) is 11.6 Å². The third-order valence-electron chi connectivity index (χ3n) is 1.80. The van der Waals surface area contributed by atoms with Crippen molar-refractivity contribution in [2.75, 3.05) is 0 Å². The van der Waals surface area contributed by atoms with Gasteiger partial charge in [0, 0.05) is 16.9 Å². The molecule has 0 N–H and O–H groups in total. The van der Waals surface area contributed by atoms with Crippen molar-refractivity contribution in [3.05, 3.63) is 36.5 Å². The molecule has 0 aliphatic rings. The molecule has 2 heterocycles. The van der Waals surface area contributed by atoms with Gasteiger partial charge >= 0.3 is 0 Å². The third kappa shape index (κ3) is 2.77. The van der Waals surface area contributed by atoms with E-state index in [0.717, 1.165) is 0 Å². The fraction of sp³-hybridized carbons (Fsp3) is 0.125.